The van der Waals surface area contributed by atoms with E-state index in [9.17, 15) is 4.39 Å². The highest BCUT2D eigenvalue weighted by Gasteiger charge is 2.11. The van der Waals surface area contributed by atoms with Crippen molar-refractivity contribution in [3.63, 3.8) is 0 Å². The smallest absolute Gasteiger partial charge is 0.257 e. The fourth-order valence-electron chi connectivity index (χ4n) is 1.95. The van der Waals surface area contributed by atoms with Crippen molar-refractivity contribution in [2.45, 2.75) is 11.0 Å². The molecule has 4 nitrogen and oxygen atoms in total. The molecule has 0 atom stereocenters. The van der Waals surface area contributed by atoms with Crippen molar-refractivity contribution in [3.8, 4) is 5.75 Å². The van der Waals surface area contributed by atoms with Crippen LogP contribution >= 0.6 is 11.8 Å². The molecule has 6 heteroatoms. The molecule has 0 spiro atoms. The Hall–Kier alpha value is -2.21. The monoisotopic (exact) mass is 304 g/mol. The van der Waals surface area contributed by atoms with Crippen LogP contribution in [0, 0.1) is 5.82 Å². The molecule has 0 unspecified atom stereocenters. The molecule has 0 radical (unpaired) electrons. The Balaban J connectivity index is 1.80. The number of fused-ring (bicyclic) bond motifs is 1. The van der Waals surface area contributed by atoms with Gasteiger partial charge in [-0.25, -0.2) is 9.37 Å². The summed E-state index contributed by atoms with van der Waals surface area (Å²) in [7, 11) is 1.44. The number of hydrogen-bond donors (Lipinski definition) is 1. The average molecular weight is 304 g/mol. The molecule has 0 saturated heterocycles. The lowest BCUT2D eigenvalue weighted by molar-refractivity contribution is 0.385. The maximum Gasteiger partial charge on any atom is 0.257 e. The number of nitrogens with two attached hydrogens (primary N) is 1. The van der Waals surface area contributed by atoms with Crippen LogP contribution in [0.2, 0.25) is 0 Å². The number of methoxy groups -OCH3 is 1. The quantitative estimate of drug-likeness (QED) is 0.586. The first-order chi connectivity index (χ1) is 10.2. The van der Waals surface area contributed by atoms with Crippen molar-refractivity contribution < 1.29 is 13.5 Å². The molecule has 21 heavy (non-hydrogen) atoms. The second-order valence-electron chi connectivity index (χ2n) is 4.43. The number of aromatic nitrogens is 1. The van der Waals surface area contributed by atoms with Crippen LogP contribution < -0.4 is 10.5 Å². The molecule has 2 N–H and O–H groups in total. The molecule has 0 bridgehead atoms. The van der Waals surface area contributed by atoms with Crippen LogP contribution in [0.15, 0.2) is 46.0 Å². The highest BCUT2D eigenvalue weighted by Crippen LogP contribution is 2.29. The van der Waals surface area contributed by atoms with E-state index >= 15 is 0 Å². The maximum absolute atomic E-state index is 14.0. The van der Waals surface area contributed by atoms with Crippen LogP contribution in [-0.2, 0) is 5.75 Å². The summed E-state index contributed by atoms with van der Waals surface area (Å²) in [6, 6.07) is 10.3. The number of thioether (sulfide) groups is 1. The van der Waals surface area contributed by atoms with Gasteiger partial charge in [0.25, 0.3) is 5.22 Å². The molecular formula is C15H13FN2O2S. The summed E-state index contributed by atoms with van der Waals surface area (Å²) in [6.07, 6.45) is 0. The van der Waals surface area contributed by atoms with Crippen LogP contribution in [-0.4, -0.2) is 12.1 Å². The largest absolute Gasteiger partial charge is 0.494 e. The molecule has 0 aliphatic heterocycles. The molecule has 2 aromatic carbocycles. The Kier molecular flexibility index (Phi) is 3.70. The first-order valence-corrected chi connectivity index (χ1v) is 7.26. The van der Waals surface area contributed by atoms with Crippen LogP contribution in [0.25, 0.3) is 11.1 Å². The number of anilines is 1. The number of halogens is 1. The third kappa shape index (κ3) is 2.80. The van der Waals surface area contributed by atoms with Crippen molar-refractivity contribution in [2.75, 3.05) is 12.8 Å². The van der Waals surface area contributed by atoms with Gasteiger partial charge >= 0.3 is 0 Å². The van der Waals surface area contributed by atoms with Gasteiger partial charge in [0, 0.05) is 17.0 Å². The predicted octanol–water partition coefficient (Wildman–Crippen LogP) is 3.85. The topological polar surface area (TPSA) is 61.3 Å². The van der Waals surface area contributed by atoms with Gasteiger partial charge in [0.15, 0.2) is 17.1 Å². The molecular weight excluding hydrogens is 291 g/mol. The molecule has 1 heterocycles. The first-order valence-electron chi connectivity index (χ1n) is 6.27. The van der Waals surface area contributed by atoms with E-state index in [-0.39, 0.29) is 11.6 Å². The fourth-order valence-corrected chi connectivity index (χ4v) is 2.76. The van der Waals surface area contributed by atoms with Gasteiger partial charge in [-0.15, -0.1) is 0 Å². The molecule has 0 aliphatic carbocycles. The molecule has 0 aliphatic rings. The SMILES string of the molecule is COc1cccc(CSc2nc3cc(N)ccc3o2)c1F. The Bertz CT molecular complexity index is 788. The van der Waals surface area contributed by atoms with Crippen LogP contribution in [0.1, 0.15) is 5.56 Å². The summed E-state index contributed by atoms with van der Waals surface area (Å²) in [5, 5.41) is 0.484. The molecule has 0 fully saturated rings. The van der Waals surface area contributed by atoms with Crippen LogP contribution in [0.5, 0.6) is 5.75 Å². The number of hydrogen-bond acceptors (Lipinski definition) is 5. The summed E-state index contributed by atoms with van der Waals surface area (Å²) in [5.74, 6) is 0.289. The zero-order chi connectivity index (χ0) is 14.8. The van der Waals surface area contributed by atoms with Gasteiger partial charge in [0.05, 0.1) is 7.11 Å². The minimum absolute atomic E-state index is 0.235. The Morgan fingerprint density at radius 3 is 3.00 bits per heavy atom. The summed E-state index contributed by atoms with van der Waals surface area (Å²) in [5.41, 5.74) is 8.23. The van der Waals surface area contributed by atoms with Gasteiger partial charge in [0.2, 0.25) is 0 Å². The van der Waals surface area contributed by atoms with E-state index < -0.39 is 0 Å². The Labute approximate surface area is 125 Å². The highest BCUT2D eigenvalue weighted by molar-refractivity contribution is 7.98. The fraction of sp³-hybridized carbons (Fsp3) is 0.133. The molecule has 1 aromatic heterocycles. The molecule has 108 valence electrons. The molecule has 3 aromatic rings. The molecule has 3 rings (SSSR count). The maximum atomic E-state index is 14.0. The van der Waals surface area contributed by atoms with Crippen molar-refractivity contribution in [1.29, 1.82) is 0 Å². The summed E-state index contributed by atoms with van der Waals surface area (Å²) >= 11 is 1.32. The summed E-state index contributed by atoms with van der Waals surface area (Å²) in [4.78, 5) is 4.32. The number of ether oxygens (including phenoxy) is 1. The van der Waals surface area contributed by atoms with Crippen LogP contribution in [0.4, 0.5) is 10.1 Å². The van der Waals surface area contributed by atoms with Gasteiger partial charge in [-0.2, -0.15) is 0 Å². The third-order valence-corrected chi connectivity index (χ3v) is 3.88. The Morgan fingerprint density at radius 1 is 1.33 bits per heavy atom. The minimum atomic E-state index is -0.354. The van der Waals surface area contributed by atoms with Crippen LogP contribution in [0.3, 0.4) is 0 Å². The lowest BCUT2D eigenvalue weighted by atomic mass is 10.2. The summed E-state index contributed by atoms with van der Waals surface area (Å²) < 4.78 is 24.6. The minimum Gasteiger partial charge on any atom is -0.494 e. The number of oxazole rings is 1. The molecule has 0 amide bonds. The van der Waals surface area contributed by atoms with Crippen molar-refractivity contribution in [1.82, 2.24) is 4.98 Å². The van der Waals surface area contributed by atoms with E-state index in [1.54, 1.807) is 36.4 Å². The highest BCUT2D eigenvalue weighted by atomic mass is 32.2. The van der Waals surface area contributed by atoms with E-state index in [0.29, 0.717) is 33.3 Å². The van der Waals surface area contributed by atoms with E-state index in [0.717, 1.165) is 0 Å². The normalized spacial score (nSPS) is 11.0. The van der Waals surface area contributed by atoms with Crippen molar-refractivity contribution in [3.05, 3.63) is 47.8 Å². The zero-order valence-electron chi connectivity index (χ0n) is 11.3. The Morgan fingerprint density at radius 2 is 2.19 bits per heavy atom. The van der Waals surface area contributed by atoms with E-state index in [2.05, 4.69) is 4.98 Å². The van der Waals surface area contributed by atoms with Crippen molar-refractivity contribution in [2.24, 2.45) is 0 Å². The third-order valence-electron chi connectivity index (χ3n) is 3.01. The van der Waals surface area contributed by atoms with Gasteiger partial charge in [-0.3, -0.25) is 0 Å². The first kappa shape index (κ1) is 13.8. The predicted molar refractivity (Wildman–Crippen MR) is 80.9 cm³/mol. The van der Waals surface area contributed by atoms with E-state index in [1.807, 2.05) is 0 Å². The summed E-state index contributed by atoms with van der Waals surface area (Å²) in [6.45, 7) is 0. The van der Waals surface area contributed by atoms with E-state index in [4.69, 9.17) is 14.9 Å². The van der Waals surface area contributed by atoms with Gasteiger partial charge in [-0.05, 0) is 24.3 Å². The zero-order valence-corrected chi connectivity index (χ0v) is 12.1. The standard InChI is InChI=1S/C15H13FN2O2S/c1-19-13-4-2-3-9(14(13)16)8-21-15-18-11-7-10(17)5-6-12(11)20-15/h2-7H,8,17H2,1H3. The number of nitrogens with zero attached hydrogens (tertiary/aromatic N) is 1. The van der Waals surface area contributed by atoms with Gasteiger partial charge in [0.1, 0.15) is 5.52 Å². The number of benzene rings is 2. The lowest BCUT2D eigenvalue weighted by Gasteiger charge is -2.05. The average Bonchev–Trinajstić information content (AvgIpc) is 2.88. The second kappa shape index (κ2) is 5.65. The number of rotatable bonds is 4. The molecule has 0 saturated carbocycles. The second-order valence-corrected chi connectivity index (χ2v) is 5.36. The lowest BCUT2D eigenvalue weighted by Crippen LogP contribution is -1.93. The van der Waals surface area contributed by atoms with Gasteiger partial charge < -0.3 is 14.9 Å². The van der Waals surface area contributed by atoms with Gasteiger partial charge in [-0.1, -0.05) is 23.9 Å². The van der Waals surface area contributed by atoms with Crippen molar-refractivity contribution >= 4 is 28.5 Å². The number of nitrogen functional groups attached to an aromatic ring is 1. The van der Waals surface area contributed by atoms with E-state index in [1.165, 1.54) is 18.9 Å².